The van der Waals surface area contributed by atoms with Crippen LogP contribution in [0.15, 0.2) is 24.3 Å². The Morgan fingerprint density at radius 1 is 1.33 bits per heavy atom. The number of nitrogens with one attached hydrogen (secondary N) is 1. The standard InChI is InChI=1S/C14H21ClN2O/c1-10(2)11(9-16)3-8-14(18)17-13-6-4-12(15)5-7-13/h4-7,10-11H,3,8-9,16H2,1-2H3,(H,17,18). The van der Waals surface area contributed by atoms with Crippen molar-refractivity contribution in [2.45, 2.75) is 26.7 Å². The smallest absolute Gasteiger partial charge is 0.224 e. The lowest BCUT2D eigenvalue weighted by atomic mass is 9.91. The molecule has 0 saturated carbocycles. The topological polar surface area (TPSA) is 55.1 Å². The van der Waals surface area contributed by atoms with Gasteiger partial charge in [-0.25, -0.2) is 0 Å². The summed E-state index contributed by atoms with van der Waals surface area (Å²) < 4.78 is 0. The van der Waals surface area contributed by atoms with Crippen LogP contribution in [-0.2, 0) is 4.79 Å². The molecule has 0 aliphatic rings. The van der Waals surface area contributed by atoms with Crippen molar-refractivity contribution in [3.63, 3.8) is 0 Å². The van der Waals surface area contributed by atoms with Crippen molar-refractivity contribution in [1.29, 1.82) is 0 Å². The van der Waals surface area contributed by atoms with E-state index in [-0.39, 0.29) is 5.91 Å². The molecule has 0 aromatic heterocycles. The Morgan fingerprint density at radius 2 is 1.94 bits per heavy atom. The highest BCUT2D eigenvalue weighted by Crippen LogP contribution is 2.17. The van der Waals surface area contributed by atoms with E-state index in [0.29, 0.717) is 29.8 Å². The lowest BCUT2D eigenvalue weighted by Crippen LogP contribution is -2.22. The van der Waals surface area contributed by atoms with Gasteiger partial charge in [-0.2, -0.15) is 0 Å². The number of benzene rings is 1. The fraction of sp³-hybridized carbons (Fsp3) is 0.500. The summed E-state index contributed by atoms with van der Waals surface area (Å²) in [7, 11) is 0. The maximum absolute atomic E-state index is 11.8. The molecular weight excluding hydrogens is 248 g/mol. The minimum atomic E-state index is 0.0245. The molecule has 4 heteroatoms. The molecule has 1 atom stereocenters. The van der Waals surface area contributed by atoms with Crippen LogP contribution in [0.4, 0.5) is 5.69 Å². The number of hydrogen-bond acceptors (Lipinski definition) is 2. The molecule has 0 aliphatic carbocycles. The van der Waals surface area contributed by atoms with Gasteiger partial charge in [0.05, 0.1) is 0 Å². The van der Waals surface area contributed by atoms with E-state index in [1.165, 1.54) is 0 Å². The van der Waals surface area contributed by atoms with E-state index in [4.69, 9.17) is 17.3 Å². The molecule has 1 amide bonds. The van der Waals surface area contributed by atoms with Gasteiger partial charge in [-0.05, 0) is 49.1 Å². The molecular formula is C14H21ClN2O. The fourth-order valence-electron chi connectivity index (χ4n) is 1.80. The van der Waals surface area contributed by atoms with E-state index >= 15 is 0 Å². The fourth-order valence-corrected chi connectivity index (χ4v) is 1.92. The quantitative estimate of drug-likeness (QED) is 0.832. The molecule has 0 fully saturated rings. The van der Waals surface area contributed by atoms with Crippen LogP contribution in [-0.4, -0.2) is 12.5 Å². The molecule has 0 saturated heterocycles. The van der Waals surface area contributed by atoms with Crippen LogP contribution in [0.3, 0.4) is 0 Å². The highest BCUT2D eigenvalue weighted by Gasteiger charge is 2.13. The molecule has 0 spiro atoms. The Bertz CT molecular complexity index is 376. The number of anilines is 1. The van der Waals surface area contributed by atoms with E-state index in [0.717, 1.165) is 12.1 Å². The average molecular weight is 269 g/mol. The number of carbonyl (C=O) groups excluding carboxylic acids is 1. The van der Waals surface area contributed by atoms with Gasteiger partial charge in [0.15, 0.2) is 0 Å². The van der Waals surface area contributed by atoms with Crippen LogP contribution in [0.2, 0.25) is 5.02 Å². The first-order chi connectivity index (χ1) is 8.52. The summed E-state index contributed by atoms with van der Waals surface area (Å²) in [6.07, 6.45) is 1.33. The monoisotopic (exact) mass is 268 g/mol. The number of rotatable bonds is 6. The Labute approximate surface area is 114 Å². The third-order valence-electron chi connectivity index (χ3n) is 3.12. The summed E-state index contributed by atoms with van der Waals surface area (Å²) in [5.41, 5.74) is 6.46. The molecule has 0 bridgehead atoms. The first-order valence-electron chi connectivity index (χ1n) is 6.28. The van der Waals surface area contributed by atoms with Gasteiger partial charge in [-0.15, -0.1) is 0 Å². The average Bonchev–Trinajstić information content (AvgIpc) is 2.32. The lowest BCUT2D eigenvalue weighted by Gasteiger charge is -2.18. The third kappa shape index (κ3) is 5.07. The molecule has 0 aliphatic heterocycles. The van der Waals surface area contributed by atoms with E-state index in [9.17, 15) is 4.79 Å². The molecule has 0 heterocycles. The van der Waals surface area contributed by atoms with Gasteiger partial charge in [0, 0.05) is 17.1 Å². The Hall–Kier alpha value is -1.06. The van der Waals surface area contributed by atoms with Crippen LogP contribution in [0.25, 0.3) is 0 Å². The van der Waals surface area contributed by atoms with Gasteiger partial charge in [0.2, 0.25) is 5.91 Å². The second-order valence-corrected chi connectivity index (χ2v) is 5.27. The van der Waals surface area contributed by atoms with E-state index < -0.39 is 0 Å². The molecule has 18 heavy (non-hydrogen) atoms. The molecule has 1 rings (SSSR count). The number of halogens is 1. The minimum absolute atomic E-state index is 0.0245. The van der Waals surface area contributed by atoms with Crippen LogP contribution < -0.4 is 11.1 Å². The van der Waals surface area contributed by atoms with Crippen molar-refractivity contribution in [2.24, 2.45) is 17.6 Å². The number of nitrogens with two attached hydrogens (primary N) is 1. The van der Waals surface area contributed by atoms with Gasteiger partial charge >= 0.3 is 0 Å². The normalized spacial score (nSPS) is 12.5. The number of hydrogen-bond donors (Lipinski definition) is 2. The number of amides is 1. The van der Waals surface area contributed by atoms with Crippen molar-refractivity contribution in [3.8, 4) is 0 Å². The zero-order valence-electron chi connectivity index (χ0n) is 10.9. The van der Waals surface area contributed by atoms with Gasteiger partial charge in [-0.3, -0.25) is 4.79 Å². The Kier molecular flexibility index (Phi) is 6.16. The summed E-state index contributed by atoms with van der Waals surface area (Å²) in [4.78, 5) is 11.8. The lowest BCUT2D eigenvalue weighted by molar-refractivity contribution is -0.116. The first kappa shape index (κ1) is 15.0. The summed E-state index contributed by atoms with van der Waals surface area (Å²) in [6.45, 7) is 4.90. The summed E-state index contributed by atoms with van der Waals surface area (Å²) >= 11 is 5.78. The van der Waals surface area contributed by atoms with E-state index in [2.05, 4.69) is 19.2 Å². The highest BCUT2D eigenvalue weighted by molar-refractivity contribution is 6.30. The minimum Gasteiger partial charge on any atom is -0.330 e. The molecule has 1 aromatic carbocycles. The maximum Gasteiger partial charge on any atom is 0.224 e. The third-order valence-corrected chi connectivity index (χ3v) is 3.37. The van der Waals surface area contributed by atoms with Crippen molar-refractivity contribution in [3.05, 3.63) is 29.3 Å². The predicted octanol–water partition coefficient (Wildman–Crippen LogP) is 3.29. The Balaban J connectivity index is 2.40. The van der Waals surface area contributed by atoms with Crippen LogP contribution in [0.5, 0.6) is 0 Å². The predicted molar refractivity (Wildman–Crippen MR) is 76.7 cm³/mol. The van der Waals surface area contributed by atoms with E-state index in [1.807, 2.05) is 0 Å². The molecule has 0 radical (unpaired) electrons. The largest absolute Gasteiger partial charge is 0.330 e. The molecule has 100 valence electrons. The zero-order chi connectivity index (χ0) is 13.5. The molecule has 3 N–H and O–H groups in total. The van der Waals surface area contributed by atoms with Crippen LogP contribution >= 0.6 is 11.6 Å². The van der Waals surface area contributed by atoms with Gasteiger partial charge in [0.25, 0.3) is 0 Å². The van der Waals surface area contributed by atoms with Gasteiger partial charge in [0.1, 0.15) is 0 Å². The summed E-state index contributed by atoms with van der Waals surface area (Å²) in [5.74, 6) is 0.940. The summed E-state index contributed by atoms with van der Waals surface area (Å²) in [5, 5.41) is 3.51. The van der Waals surface area contributed by atoms with Crippen molar-refractivity contribution < 1.29 is 4.79 Å². The maximum atomic E-state index is 11.8. The van der Waals surface area contributed by atoms with Crippen molar-refractivity contribution in [1.82, 2.24) is 0 Å². The summed E-state index contributed by atoms with van der Waals surface area (Å²) in [6, 6.07) is 7.11. The zero-order valence-corrected chi connectivity index (χ0v) is 11.7. The van der Waals surface area contributed by atoms with Gasteiger partial charge in [-0.1, -0.05) is 25.4 Å². The SMILES string of the molecule is CC(C)C(CN)CCC(=O)Nc1ccc(Cl)cc1. The first-order valence-corrected chi connectivity index (χ1v) is 6.66. The van der Waals surface area contributed by atoms with Crippen LogP contribution in [0, 0.1) is 11.8 Å². The van der Waals surface area contributed by atoms with E-state index in [1.54, 1.807) is 24.3 Å². The molecule has 1 unspecified atom stereocenters. The highest BCUT2D eigenvalue weighted by atomic mass is 35.5. The second kappa shape index (κ2) is 7.39. The van der Waals surface area contributed by atoms with Crippen LogP contribution in [0.1, 0.15) is 26.7 Å². The van der Waals surface area contributed by atoms with Gasteiger partial charge < -0.3 is 11.1 Å². The Morgan fingerprint density at radius 3 is 2.44 bits per heavy atom. The molecule has 3 nitrogen and oxygen atoms in total. The molecule has 1 aromatic rings. The van der Waals surface area contributed by atoms with Crippen molar-refractivity contribution >= 4 is 23.2 Å². The number of carbonyl (C=O) groups is 1. The van der Waals surface area contributed by atoms with Crippen molar-refractivity contribution in [2.75, 3.05) is 11.9 Å². The second-order valence-electron chi connectivity index (χ2n) is 4.83.